The molecule has 2 atom stereocenters. The number of carboxylic acids is 1. The van der Waals surface area contributed by atoms with E-state index < -0.39 is 11.9 Å². The van der Waals surface area contributed by atoms with Gasteiger partial charge in [0.15, 0.2) is 0 Å². The van der Waals surface area contributed by atoms with E-state index in [-0.39, 0.29) is 23.3 Å². The minimum Gasteiger partial charge on any atom is -0.481 e. The molecule has 2 amide bonds. The minimum absolute atomic E-state index is 0.00508. The average molecular weight is 374 g/mol. The first-order valence-electron chi connectivity index (χ1n) is 9.59. The van der Waals surface area contributed by atoms with E-state index in [2.05, 4.69) is 10.6 Å². The van der Waals surface area contributed by atoms with Gasteiger partial charge in [-0.15, -0.1) is 0 Å². The molecule has 0 aromatic heterocycles. The second-order valence-electron chi connectivity index (χ2n) is 8.48. The van der Waals surface area contributed by atoms with E-state index in [1.54, 1.807) is 24.3 Å². The lowest BCUT2D eigenvalue weighted by atomic mass is 9.94. The second kappa shape index (κ2) is 9.02. The SMILES string of the molecule is CC(C)(C)CNC(=O)c1ccc(C(=O)N[C@H]2CCCCC[C@H]2C(=O)O)cc1. The molecule has 3 N–H and O–H groups in total. The van der Waals surface area contributed by atoms with Crippen molar-refractivity contribution in [2.24, 2.45) is 11.3 Å². The van der Waals surface area contributed by atoms with Gasteiger partial charge < -0.3 is 15.7 Å². The Morgan fingerprint density at radius 1 is 0.963 bits per heavy atom. The summed E-state index contributed by atoms with van der Waals surface area (Å²) in [5.74, 6) is -1.87. The molecular formula is C21H30N2O4. The van der Waals surface area contributed by atoms with Crippen LogP contribution in [-0.4, -0.2) is 35.5 Å². The lowest BCUT2D eigenvalue weighted by molar-refractivity contribution is -0.142. The highest BCUT2D eigenvalue weighted by atomic mass is 16.4. The van der Waals surface area contributed by atoms with E-state index in [0.717, 1.165) is 19.3 Å². The average Bonchev–Trinajstić information content (AvgIpc) is 2.84. The number of rotatable bonds is 5. The summed E-state index contributed by atoms with van der Waals surface area (Å²) in [5.41, 5.74) is 0.916. The molecule has 1 fully saturated rings. The molecule has 1 aromatic rings. The van der Waals surface area contributed by atoms with Gasteiger partial charge in [0.1, 0.15) is 0 Å². The number of aliphatic carboxylic acids is 1. The summed E-state index contributed by atoms with van der Waals surface area (Å²) >= 11 is 0. The smallest absolute Gasteiger partial charge is 0.308 e. The lowest BCUT2D eigenvalue weighted by Crippen LogP contribution is -2.42. The van der Waals surface area contributed by atoms with E-state index in [4.69, 9.17) is 0 Å². The Bertz CT molecular complexity index is 676. The van der Waals surface area contributed by atoms with Crippen LogP contribution >= 0.6 is 0 Å². The Balaban J connectivity index is 2.00. The molecule has 148 valence electrons. The molecule has 27 heavy (non-hydrogen) atoms. The Morgan fingerprint density at radius 2 is 1.52 bits per heavy atom. The highest BCUT2D eigenvalue weighted by Crippen LogP contribution is 2.24. The van der Waals surface area contributed by atoms with E-state index >= 15 is 0 Å². The highest BCUT2D eigenvalue weighted by molar-refractivity contribution is 5.98. The predicted octanol–water partition coefficient (Wildman–Crippen LogP) is 3.23. The van der Waals surface area contributed by atoms with Crippen molar-refractivity contribution >= 4 is 17.8 Å². The molecule has 1 saturated carbocycles. The van der Waals surface area contributed by atoms with E-state index in [0.29, 0.717) is 30.5 Å². The molecule has 1 aliphatic rings. The fourth-order valence-corrected chi connectivity index (χ4v) is 3.25. The van der Waals surface area contributed by atoms with Crippen LogP contribution in [0.15, 0.2) is 24.3 Å². The van der Waals surface area contributed by atoms with Crippen LogP contribution in [0.5, 0.6) is 0 Å². The Morgan fingerprint density at radius 3 is 2.07 bits per heavy atom. The number of hydrogen-bond acceptors (Lipinski definition) is 3. The summed E-state index contributed by atoms with van der Waals surface area (Å²) in [6, 6.07) is 6.09. The van der Waals surface area contributed by atoms with Crippen LogP contribution in [0.1, 0.15) is 73.6 Å². The predicted molar refractivity (Wildman–Crippen MR) is 104 cm³/mol. The Hall–Kier alpha value is -2.37. The highest BCUT2D eigenvalue weighted by Gasteiger charge is 2.30. The maximum absolute atomic E-state index is 12.5. The normalized spacial score (nSPS) is 20.4. The molecule has 0 aliphatic heterocycles. The van der Waals surface area contributed by atoms with Gasteiger partial charge in [-0.25, -0.2) is 0 Å². The molecular weight excluding hydrogens is 344 g/mol. The third-order valence-electron chi connectivity index (χ3n) is 4.84. The number of nitrogens with one attached hydrogen (secondary N) is 2. The van der Waals surface area contributed by atoms with Crippen molar-refractivity contribution in [1.29, 1.82) is 0 Å². The zero-order valence-electron chi connectivity index (χ0n) is 16.4. The van der Waals surface area contributed by atoms with Gasteiger partial charge in [0.2, 0.25) is 0 Å². The van der Waals surface area contributed by atoms with Gasteiger partial charge >= 0.3 is 5.97 Å². The van der Waals surface area contributed by atoms with Crippen molar-refractivity contribution in [2.75, 3.05) is 6.54 Å². The van der Waals surface area contributed by atoms with Crippen molar-refractivity contribution in [3.05, 3.63) is 35.4 Å². The topological polar surface area (TPSA) is 95.5 Å². The van der Waals surface area contributed by atoms with E-state index in [1.165, 1.54) is 0 Å². The summed E-state index contributed by atoms with van der Waals surface area (Å²) < 4.78 is 0. The third kappa shape index (κ3) is 6.38. The molecule has 6 nitrogen and oxygen atoms in total. The van der Waals surface area contributed by atoms with Gasteiger partial charge in [-0.1, -0.05) is 40.0 Å². The molecule has 6 heteroatoms. The number of carbonyl (C=O) groups excluding carboxylic acids is 2. The van der Waals surface area contributed by atoms with Gasteiger partial charge in [-0.05, 0) is 42.5 Å². The van der Waals surface area contributed by atoms with Crippen LogP contribution in [-0.2, 0) is 4.79 Å². The summed E-state index contributed by atoms with van der Waals surface area (Å²) in [7, 11) is 0. The third-order valence-corrected chi connectivity index (χ3v) is 4.84. The van der Waals surface area contributed by atoms with E-state index in [9.17, 15) is 19.5 Å². The fraction of sp³-hybridized carbons (Fsp3) is 0.571. The van der Waals surface area contributed by atoms with Crippen molar-refractivity contribution in [1.82, 2.24) is 10.6 Å². The molecule has 0 heterocycles. The second-order valence-corrected chi connectivity index (χ2v) is 8.48. The molecule has 0 unspecified atom stereocenters. The molecule has 0 radical (unpaired) electrons. The van der Waals surface area contributed by atoms with Crippen LogP contribution in [0, 0.1) is 11.3 Å². The van der Waals surface area contributed by atoms with Crippen LogP contribution in [0.3, 0.4) is 0 Å². The number of carbonyl (C=O) groups is 3. The molecule has 0 spiro atoms. The number of carboxylic acid groups (broad SMARTS) is 1. The molecule has 2 rings (SSSR count). The lowest BCUT2D eigenvalue weighted by Gasteiger charge is -2.23. The molecule has 0 bridgehead atoms. The monoisotopic (exact) mass is 374 g/mol. The van der Waals surface area contributed by atoms with Gasteiger partial charge in [0.05, 0.1) is 5.92 Å². The van der Waals surface area contributed by atoms with Gasteiger partial charge in [0.25, 0.3) is 11.8 Å². The first-order chi connectivity index (χ1) is 12.7. The van der Waals surface area contributed by atoms with Gasteiger partial charge in [-0.3, -0.25) is 14.4 Å². The fourth-order valence-electron chi connectivity index (χ4n) is 3.25. The number of hydrogen-bond donors (Lipinski definition) is 3. The zero-order chi connectivity index (χ0) is 20.0. The first-order valence-corrected chi connectivity index (χ1v) is 9.59. The van der Waals surface area contributed by atoms with Crippen LogP contribution < -0.4 is 10.6 Å². The van der Waals surface area contributed by atoms with Crippen molar-refractivity contribution in [3.63, 3.8) is 0 Å². The first kappa shape index (κ1) is 20.9. The maximum Gasteiger partial charge on any atom is 0.308 e. The summed E-state index contributed by atoms with van der Waals surface area (Å²) in [6.07, 6.45) is 4.06. The standard InChI is InChI=1S/C21H30N2O4/c1-21(2,3)13-22-18(24)14-9-11-15(12-10-14)19(25)23-17-8-6-4-5-7-16(17)20(26)27/h9-12,16-17H,4-8,13H2,1-3H3,(H,22,24)(H,23,25)(H,26,27)/t16-,17+/m1/s1. The van der Waals surface area contributed by atoms with Crippen LogP contribution in [0.2, 0.25) is 0 Å². The molecule has 1 aliphatic carbocycles. The minimum atomic E-state index is -0.854. The van der Waals surface area contributed by atoms with Crippen molar-refractivity contribution in [2.45, 2.75) is 58.9 Å². The molecule has 0 saturated heterocycles. The van der Waals surface area contributed by atoms with Crippen molar-refractivity contribution < 1.29 is 19.5 Å². The van der Waals surface area contributed by atoms with Crippen LogP contribution in [0.4, 0.5) is 0 Å². The van der Waals surface area contributed by atoms with E-state index in [1.807, 2.05) is 20.8 Å². The van der Waals surface area contributed by atoms with Gasteiger partial charge in [-0.2, -0.15) is 0 Å². The summed E-state index contributed by atoms with van der Waals surface area (Å²) in [4.78, 5) is 36.2. The summed E-state index contributed by atoms with van der Waals surface area (Å²) in [5, 5.41) is 15.2. The number of amides is 2. The van der Waals surface area contributed by atoms with Crippen LogP contribution in [0.25, 0.3) is 0 Å². The molecule has 1 aromatic carbocycles. The summed E-state index contributed by atoms with van der Waals surface area (Å²) in [6.45, 7) is 6.68. The largest absolute Gasteiger partial charge is 0.481 e. The van der Waals surface area contributed by atoms with Gasteiger partial charge in [0, 0.05) is 23.7 Å². The van der Waals surface area contributed by atoms with Crippen molar-refractivity contribution in [3.8, 4) is 0 Å². The quantitative estimate of drug-likeness (QED) is 0.690. The maximum atomic E-state index is 12.5. The zero-order valence-corrected chi connectivity index (χ0v) is 16.4. The Labute approximate surface area is 160 Å². The Kier molecular flexibility index (Phi) is 6.99. The number of benzene rings is 1.